The van der Waals surface area contributed by atoms with Crippen molar-refractivity contribution in [2.24, 2.45) is 5.73 Å². The number of anilines is 1. The van der Waals surface area contributed by atoms with E-state index < -0.39 is 5.54 Å². The van der Waals surface area contributed by atoms with Crippen molar-refractivity contribution in [3.05, 3.63) is 47.3 Å². The van der Waals surface area contributed by atoms with Crippen molar-refractivity contribution in [3.63, 3.8) is 0 Å². The fraction of sp³-hybridized carbons (Fsp3) is 0.409. The van der Waals surface area contributed by atoms with Gasteiger partial charge in [0.25, 0.3) is 0 Å². The fourth-order valence-corrected chi connectivity index (χ4v) is 4.23. The van der Waals surface area contributed by atoms with Crippen LogP contribution in [0.4, 0.5) is 5.95 Å². The van der Waals surface area contributed by atoms with Crippen LogP contribution in [0.3, 0.4) is 0 Å². The van der Waals surface area contributed by atoms with Gasteiger partial charge in [-0.3, -0.25) is 9.97 Å². The predicted molar refractivity (Wildman–Crippen MR) is 118 cm³/mol. The second kappa shape index (κ2) is 6.84. The van der Waals surface area contributed by atoms with Crippen molar-refractivity contribution in [1.82, 2.24) is 29.5 Å². The van der Waals surface area contributed by atoms with Crippen LogP contribution in [0.25, 0.3) is 16.6 Å². The first-order valence-electron chi connectivity index (χ1n) is 10.4. The van der Waals surface area contributed by atoms with E-state index in [0.717, 1.165) is 41.1 Å². The van der Waals surface area contributed by atoms with Crippen LogP contribution in [-0.4, -0.2) is 36.7 Å². The van der Waals surface area contributed by atoms with Gasteiger partial charge in [0.15, 0.2) is 11.5 Å². The van der Waals surface area contributed by atoms with Gasteiger partial charge in [-0.1, -0.05) is 6.07 Å². The molecule has 4 N–H and O–H groups in total. The average Bonchev–Trinajstić information content (AvgIpc) is 3.13. The van der Waals surface area contributed by atoms with Gasteiger partial charge < -0.3 is 16.2 Å². The molecule has 0 atom stereocenters. The number of hydrogen-bond acceptors (Lipinski definition) is 8. The highest BCUT2D eigenvalue weighted by atomic mass is 16.5. The number of para-hydroxylation sites is 1. The van der Waals surface area contributed by atoms with Crippen molar-refractivity contribution in [2.45, 2.75) is 51.0 Å². The molecule has 9 nitrogen and oxygen atoms in total. The summed E-state index contributed by atoms with van der Waals surface area (Å²) in [6, 6.07) is 5.74. The summed E-state index contributed by atoms with van der Waals surface area (Å²) in [4.78, 5) is 18.7. The minimum absolute atomic E-state index is 0.247. The summed E-state index contributed by atoms with van der Waals surface area (Å²) >= 11 is 0. The summed E-state index contributed by atoms with van der Waals surface area (Å²) in [5, 5.41) is 5.53. The number of nitrogens with two attached hydrogens (primary N) is 2. The number of aryl methyl sites for hydroxylation is 1. The zero-order valence-corrected chi connectivity index (χ0v) is 18.1. The van der Waals surface area contributed by atoms with Crippen molar-refractivity contribution in [3.8, 4) is 5.75 Å². The normalized spacial score (nSPS) is 19.0. The highest BCUT2D eigenvalue weighted by Gasteiger charge is 2.36. The topological polar surface area (TPSA) is 130 Å². The third kappa shape index (κ3) is 3.16. The number of methoxy groups -OCH3 is 1. The molecule has 1 aromatic carbocycles. The van der Waals surface area contributed by atoms with Crippen molar-refractivity contribution in [2.75, 3.05) is 12.8 Å². The van der Waals surface area contributed by atoms with E-state index in [1.807, 2.05) is 39.0 Å². The molecule has 31 heavy (non-hydrogen) atoms. The maximum Gasteiger partial charge on any atom is 0.223 e. The van der Waals surface area contributed by atoms with Gasteiger partial charge in [0.2, 0.25) is 5.95 Å². The SMILES string of the molecule is COc1cccc2c1nc(N)n1nc([C@H]3C[C@H](c4ncc(C(C)(C)N)nc4C)C3)nc21. The van der Waals surface area contributed by atoms with E-state index in [-0.39, 0.29) is 5.92 Å². The molecule has 0 aliphatic heterocycles. The lowest BCUT2D eigenvalue weighted by molar-refractivity contribution is 0.329. The molecule has 0 unspecified atom stereocenters. The third-order valence-electron chi connectivity index (χ3n) is 6.06. The summed E-state index contributed by atoms with van der Waals surface area (Å²) in [5.74, 6) is 2.33. The number of rotatable bonds is 4. The van der Waals surface area contributed by atoms with Crippen molar-refractivity contribution < 1.29 is 4.74 Å². The second-order valence-electron chi connectivity index (χ2n) is 8.84. The number of nitrogens with zero attached hydrogens (tertiary/aromatic N) is 6. The van der Waals surface area contributed by atoms with Gasteiger partial charge in [-0.25, -0.2) is 9.97 Å². The van der Waals surface area contributed by atoms with Crippen LogP contribution < -0.4 is 16.2 Å². The van der Waals surface area contributed by atoms with Gasteiger partial charge in [0.1, 0.15) is 11.3 Å². The van der Waals surface area contributed by atoms with E-state index in [1.54, 1.807) is 17.8 Å². The Balaban J connectivity index is 1.44. The van der Waals surface area contributed by atoms with Gasteiger partial charge in [-0.15, -0.1) is 5.10 Å². The molecular weight excluding hydrogens is 392 g/mol. The highest BCUT2D eigenvalue weighted by Crippen LogP contribution is 2.47. The minimum Gasteiger partial charge on any atom is -0.494 e. The van der Waals surface area contributed by atoms with E-state index in [4.69, 9.17) is 21.2 Å². The molecule has 0 amide bonds. The van der Waals surface area contributed by atoms with Crippen molar-refractivity contribution >= 4 is 22.5 Å². The molecule has 1 aliphatic carbocycles. The standard InChI is InChI=1S/C22H26N8O/c1-11-17(25-10-16(26-11)22(2,3)24)12-8-13(9-12)19-28-20-14-6-5-7-15(31-4)18(14)27-21(23)30(20)29-19/h5-7,10,12-13H,8-9,24H2,1-4H3,(H2,23,27)/t12-,13-. The third-order valence-corrected chi connectivity index (χ3v) is 6.06. The first-order valence-corrected chi connectivity index (χ1v) is 10.4. The van der Waals surface area contributed by atoms with Crippen LogP contribution in [-0.2, 0) is 5.54 Å². The molecule has 1 fully saturated rings. The van der Waals surface area contributed by atoms with Crippen LogP contribution in [0.15, 0.2) is 24.4 Å². The lowest BCUT2D eigenvalue weighted by Gasteiger charge is -2.33. The number of fused-ring (bicyclic) bond motifs is 3. The molecule has 0 radical (unpaired) electrons. The predicted octanol–water partition coefficient (Wildman–Crippen LogP) is 2.82. The summed E-state index contributed by atoms with van der Waals surface area (Å²) in [5.41, 5.74) is 16.0. The monoisotopic (exact) mass is 418 g/mol. The number of benzene rings is 1. The Morgan fingerprint density at radius 2 is 1.90 bits per heavy atom. The summed E-state index contributed by atoms with van der Waals surface area (Å²) in [7, 11) is 1.62. The Labute approximate surface area is 179 Å². The number of nitrogen functional groups attached to an aromatic ring is 1. The summed E-state index contributed by atoms with van der Waals surface area (Å²) in [6.07, 6.45) is 3.64. The van der Waals surface area contributed by atoms with E-state index in [0.29, 0.717) is 28.8 Å². The maximum atomic E-state index is 6.17. The molecule has 0 spiro atoms. The molecule has 3 aromatic heterocycles. The second-order valence-corrected chi connectivity index (χ2v) is 8.84. The van der Waals surface area contributed by atoms with Crippen LogP contribution in [0, 0.1) is 6.92 Å². The molecule has 3 heterocycles. The van der Waals surface area contributed by atoms with E-state index in [2.05, 4.69) is 20.1 Å². The Bertz CT molecular complexity index is 1300. The Kier molecular flexibility index (Phi) is 4.33. The van der Waals surface area contributed by atoms with Gasteiger partial charge in [-0.2, -0.15) is 4.52 Å². The zero-order valence-electron chi connectivity index (χ0n) is 18.1. The minimum atomic E-state index is -0.502. The molecule has 1 aliphatic rings. The lowest BCUT2D eigenvalue weighted by Crippen LogP contribution is -2.31. The number of ether oxygens (including phenoxy) is 1. The zero-order chi connectivity index (χ0) is 21.9. The number of hydrogen-bond donors (Lipinski definition) is 2. The Hall–Kier alpha value is -3.33. The Morgan fingerprint density at radius 1 is 1.13 bits per heavy atom. The molecule has 9 heteroatoms. The first-order chi connectivity index (χ1) is 14.8. The van der Waals surface area contributed by atoms with E-state index in [1.165, 1.54) is 0 Å². The van der Waals surface area contributed by atoms with Crippen molar-refractivity contribution in [1.29, 1.82) is 0 Å². The molecule has 5 rings (SSSR count). The molecule has 4 aromatic rings. The molecule has 0 bridgehead atoms. The van der Waals surface area contributed by atoms with Gasteiger partial charge >= 0.3 is 0 Å². The maximum absolute atomic E-state index is 6.17. The summed E-state index contributed by atoms with van der Waals surface area (Å²) < 4.78 is 7.04. The molecule has 160 valence electrons. The largest absolute Gasteiger partial charge is 0.494 e. The smallest absolute Gasteiger partial charge is 0.223 e. The Morgan fingerprint density at radius 3 is 2.58 bits per heavy atom. The van der Waals surface area contributed by atoms with Gasteiger partial charge in [0, 0.05) is 17.2 Å². The highest BCUT2D eigenvalue weighted by molar-refractivity contribution is 5.95. The fourth-order valence-electron chi connectivity index (χ4n) is 4.23. The summed E-state index contributed by atoms with van der Waals surface area (Å²) in [6.45, 7) is 5.87. The average molecular weight is 419 g/mol. The first kappa shape index (κ1) is 19.6. The van der Waals surface area contributed by atoms with Gasteiger partial charge in [-0.05, 0) is 45.7 Å². The van der Waals surface area contributed by atoms with Crippen LogP contribution >= 0.6 is 0 Å². The molecule has 1 saturated carbocycles. The van der Waals surface area contributed by atoms with Crippen LogP contribution in [0.2, 0.25) is 0 Å². The quantitative estimate of drug-likeness (QED) is 0.517. The van der Waals surface area contributed by atoms with Crippen LogP contribution in [0.5, 0.6) is 5.75 Å². The van der Waals surface area contributed by atoms with Crippen LogP contribution in [0.1, 0.15) is 61.4 Å². The molecule has 0 saturated heterocycles. The lowest BCUT2D eigenvalue weighted by atomic mass is 9.72. The number of aromatic nitrogens is 6. The van der Waals surface area contributed by atoms with Gasteiger partial charge in [0.05, 0.1) is 35.9 Å². The van der Waals surface area contributed by atoms with E-state index >= 15 is 0 Å². The van der Waals surface area contributed by atoms with E-state index in [9.17, 15) is 0 Å². The molecular formula is C22H26N8O.